The van der Waals surface area contributed by atoms with Crippen molar-refractivity contribution >= 4 is 46.3 Å². The molecule has 2 heterocycles. The van der Waals surface area contributed by atoms with E-state index in [-0.39, 0.29) is 5.69 Å². The van der Waals surface area contributed by atoms with E-state index in [4.69, 9.17) is 23.2 Å². The number of amides is 1. The average Bonchev–Trinajstić information content (AvgIpc) is 3.09. The van der Waals surface area contributed by atoms with Crippen LogP contribution in [0.2, 0.25) is 10.0 Å². The van der Waals surface area contributed by atoms with Crippen molar-refractivity contribution in [3.8, 4) is 0 Å². The zero-order valence-corrected chi connectivity index (χ0v) is 15.1. The molecule has 1 aliphatic rings. The van der Waals surface area contributed by atoms with Gasteiger partial charge >= 0.3 is 0 Å². The highest BCUT2D eigenvalue weighted by molar-refractivity contribution is 6.39. The summed E-state index contributed by atoms with van der Waals surface area (Å²) < 4.78 is 0. The quantitative estimate of drug-likeness (QED) is 0.708. The smallest absolute Gasteiger partial charge is 0.275 e. The summed E-state index contributed by atoms with van der Waals surface area (Å²) in [6, 6.07) is 13.2. The topological polar surface area (TPSA) is 58.1 Å². The predicted molar refractivity (Wildman–Crippen MR) is 104 cm³/mol. The first kappa shape index (κ1) is 16.8. The number of halogens is 2. The largest absolute Gasteiger partial charge is 0.325 e. The van der Waals surface area contributed by atoms with Crippen molar-refractivity contribution < 1.29 is 4.79 Å². The van der Waals surface area contributed by atoms with Crippen molar-refractivity contribution in [3.05, 3.63) is 76.2 Å². The second-order valence-electron chi connectivity index (χ2n) is 5.84. The van der Waals surface area contributed by atoms with Crippen molar-refractivity contribution in [1.82, 2.24) is 9.97 Å². The lowest BCUT2D eigenvalue weighted by molar-refractivity contribution is 0.102. The molecule has 0 fully saturated rings. The Hall–Kier alpha value is -2.63. The second-order valence-corrected chi connectivity index (χ2v) is 6.66. The first-order valence-electron chi connectivity index (χ1n) is 8.06. The van der Waals surface area contributed by atoms with Crippen LogP contribution < -0.4 is 10.2 Å². The summed E-state index contributed by atoms with van der Waals surface area (Å²) in [5.74, 6) is 0.295. The minimum Gasteiger partial charge on any atom is -0.325 e. The molecule has 0 radical (unpaired) electrons. The van der Waals surface area contributed by atoms with Gasteiger partial charge in [0.25, 0.3) is 5.91 Å². The highest BCUT2D eigenvalue weighted by atomic mass is 35.5. The molecule has 1 amide bonds. The van der Waals surface area contributed by atoms with Crippen molar-refractivity contribution in [3.63, 3.8) is 0 Å². The molecule has 7 heteroatoms. The van der Waals surface area contributed by atoms with E-state index in [0.29, 0.717) is 21.6 Å². The molecular weight excluding hydrogens is 371 g/mol. The highest BCUT2D eigenvalue weighted by Crippen LogP contribution is 2.33. The molecular formula is C19H14Cl2N4O. The third-order valence-electron chi connectivity index (χ3n) is 4.24. The molecule has 26 heavy (non-hydrogen) atoms. The number of aromatic nitrogens is 2. The van der Waals surface area contributed by atoms with E-state index in [1.54, 1.807) is 24.4 Å². The number of nitrogens with one attached hydrogen (secondary N) is 1. The van der Waals surface area contributed by atoms with Crippen molar-refractivity contribution in [2.75, 3.05) is 16.8 Å². The van der Waals surface area contributed by atoms with Gasteiger partial charge in [-0.1, -0.05) is 47.5 Å². The third kappa shape index (κ3) is 3.11. The first-order valence-corrected chi connectivity index (χ1v) is 8.82. The van der Waals surface area contributed by atoms with E-state index >= 15 is 0 Å². The van der Waals surface area contributed by atoms with Gasteiger partial charge in [0.15, 0.2) is 5.82 Å². The molecule has 1 aromatic heterocycles. The molecule has 4 rings (SSSR count). The number of carbonyl (C=O) groups excluding carboxylic acids is 1. The molecule has 5 nitrogen and oxygen atoms in total. The number of para-hydroxylation sites is 2. The van der Waals surface area contributed by atoms with E-state index in [0.717, 1.165) is 18.7 Å². The van der Waals surface area contributed by atoms with Crippen LogP contribution in [0.15, 0.2) is 54.9 Å². The van der Waals surface area contributed by atoms with E-state index in [9.17, 15) is 4.79 Å². The number of benzene rings is 2. The molecule has 0 saturated heterocycles. The number of rotatable bonds is 3. The maximum atomic E-state index is 12.4. The molecule has 0 unspecified atom stereocenters. The number of anilines is 3. The normalized spacial score (nSPS) is 12.8. The van der Waals surface area contributed by atoms with Gasteiger partial charge in [-0.2, -0.15) is 0 Å². The molecule has 3 aromatic rings. The maximum absolute atomic E-state index is 12.4. The minimum atomic E-state index is -0.416. The van der Waals surface area contributed by atoms with Gasteiger partial charge in [-0.15, -0.1) is 0 Å². The number of carbonyl (C=O) groups is 1. The summed E-state index contributed by atoms with van der Waals surface area (Å²) in [4.78, 5) is 23.2. The average molecular weight is 385 g/mol. The van der Waals surface area contributed by atoms with Gasteiger partial charge in [-0.05, 0) is 30.2 Å². The number of nitrogens with zero attached hydrogens (tertiary/aromatic N) is 3. The Morgan fingerprint density at radius 2 is 1.77 bits per heavy atom. The molecule has 0 spiro atoms. The van der Waals surface area contributed by atoms with Gasteiger partial charge in [0.2, 0.25) is 0 Å². The van der Waals surface area contributed by atoms with Crippen LogP contribution in [0.4, 0.5) is 17.2 Å². The molecule has 2 aromatic carbocycles. The SMILES string of the molecule is O=C(Nc1c(Cl)cccc1Cl)c1cnc(N2CCc3ccccc32)cn1. The Balaban J connectivity index is 1.54. The van der Waals surface area contributed by atoms with Gasteiger partial charge in [0.1, 0.15) is 5.69 Å². The van der Waals surface area contributed by atoms with E-state index in [2.05, 4.69) is 32.3 Å². The van der Waals surface area contributed by atoms with Crippen LogP contribution in [-0.4, -0.2) is 22.4 Å². The van der Waals surface area contributed by atoms with Gasteiger partial charge in [-0.3, -0.25) is 4.79 Å². The molecule has 1 N–H and O–H groups in total. The summed E-state index contributed by atoms with van der Waals surface area (Å²) in [6.45, 7) is 0.842. The van der Waals surface area contributed by atoms with E-state index in [1.165, 1.54) is 11.8 Å². The second kappa shape index (κ2) is 6.94. The fourth-order valence-electron chi connectivity index (χ4n) is 2.95. The Morgan fingerprint density at radius 1 is 1.00 bits per heavy atom. The van der Waals surface area contributed by atoms with Crippen LogP contribution in [0.5, 0.6) is 0 Å². The molecule has 0 bridgehead atoms. The molecule has 1 aliphatic heterocycles. The maximum Gasteiger partial charge on any atom is 0.275 e. The van der Waals surface area contributed by atoms with Crippen molar-refractivity contribution in [2.24, 2.45) is 0 Å². The molecule has 0 aliphatic carbocycles. The van der Waals surface area contributed by atoms with Crippen LogP contribution in [0.3, 0.4) is 0 Å². The van der Waals surface area contributed by atoms with Crippen molar-refractivity contribution in [2.45, 2.75) is 6.42 Å². The predicted octanol–water partition coefficient (Wildman–Crippen LogP) is 4.73. The standard InChI is InChI=1S/C19H14Cl2N4O/c20-13-5-3-6-14(21)18(13)24-19(26)15-10-23-17(11-22-15)25-9-8-12-4-1-2-7-16(12)25/h1-7,10-11H,8-9H2,(H,24,26). The zero-order valence-electron chi connectivity index (χ0n) is 13.6. The van der Waals surface area contributed by atoms with Crippen molar-refractivity contribution in [1.29, 1.82) is 0 Å². The summed E-state index contributed by atoms with van der Waals surface area (Å²) in [5.41, 5.74) is 2.96. The molecule has 0 atom stereocenters. The van der Waals surface area contributed by atoms with Crippen LogP contribution in [0, 0.1) is 0 Å². The van der Waals surface area contributed by atoms with Gasteiger partial charge < -0.3 is 10.2 Å². The summed E-state index contributed by atoms with van der Waals surface area (Å²) in [7, 11) is 0. The van der Waals surface area contributed by atoms with Gasteiger partial charge in [0, 0.05) is 12.2 Å². The monoisotopic (exact) mass is 384 g/mol. The molecule has 0 saturated carbocycles. The lowest BCUT2D eigenvalue weighted by atomic mass is 10.2. The van der Waals surface area contributed by atoms with E-state index < -0.39 is 5.91 Å². The summed E-state index contributed by atoms with van der Waals surface area (Å²) in [6.07, 6.45) is 4.02. The Labute approximate surface area is 160 Å². The van der Waals surface area contributed by atoms with Crippen LogP contribution in [-0.2, 0) is 6.42 Å². The minimum absolute atomic E-state index is 0.192. The van der Waals surface area contributed by atoms with Crippen LogP contribution >= 0.6 is 23.2 Å². The summed E-state index contributed by atoms with van der Waals surface area (Å²) >= 11 is 12.2. The Morgan fingerprint density at radius 3 is 2.50 bits per heavy atom. The number of hydrogen-bond donors (Lipinski definition) is 1. The first-order chi connectivity index (χ1) is 12.6. The molecule has 130 valence electrons. The fraction of sp³-hybridized carbons (Fsp3) is 0.105. The highest BCUT2D eigenvalue weighted by Gasteiger charge is 2.21. The Bertz CT molecular complexity index is 955. The van der Waals surface area contributed by atoms with Gasteiger partial charge in [-0.25, -0.2) is 9.97 Å². The Kier molecular flexibility index (Phi) is 4.49. The number of fused-ring (bicyclic) bond motifs is 1. The lowest BCUT2D eigenvalue weighted by Crippen LogP contribution is -2.18. The summed E-state index contributed by atoms with van der Waals surface area (Å²) in [5, 5.41) is 3.41. The van der Waals surface area contributed by atoms with Gasteiger partial charge in [0.05, 0.1) is 28.1 Å². The zero-order chi connectivity index (χ0) is 18.1. The number of hydrogen-bond acceptors (Lipinski definition) is 4. The fourth-order valence-corrected chi connectivity index (χ4v) is 3.44. The lowest BCUT2D eigenvalue weighted by Gasteiger charge is -2.17. The van der Waals surface area contributed by atoms with Crippen LogP contribution in [0.25, 0.3) is 0 Å². The van der Waals surface area contributed by atoms with E-state index in [1.807, 2.05) is 12.1 Å². The third-order valence-corrected chi connectivity index (χ3v) is 4.87. The van der Waals surface area contributed by atoms with Crippen LogP contribution in [0.1, 0.15) is 16.1 Å².